The molecule has 8 heteroatoms. The predicted molar refractivity (Wildman–Crippen MR) is 62.0 cm³/mol. The van der Waals surface area contributed by atoms with Gasteiger partial charge in [-0.1, -0.05) is 16.1 Å². The van der Waals surface area contributed by atoms with Crippen molar-refractivity contribution in [1.82, 2.24) is 24.8 Å². The molecule has 0 aliphatic rings. The molecule has 0 bridgehead atoms. The fraction of sp³-hybridized carbons (Fsp3) is 0.375. The van der Waals surface area contributed by atoms with Crippen molar-refractivity contribution >= 4 is 23.1 Å². The van der Waals surface area contributed by atoms with Crippen LogP contribution in [0.4, 0.5) is 0 Å². The van der Waals surface area contributed by atoms with Crippen LogP contribution < -0.4 is 11.3 Å². The fourth-order valence-electron chi connectivity index (χ4n) is 1.53. The van der Waals surface area contributed by atoms with Gasteiger partial charge >= 0.3 is 0 Å². The number of aryl methyl sites for hydroxylation is 2. The van der Waals surface area contributed by atoms with E-state index in [0.717, 1.165) is 16.3 Å². The maximum absolute atomic E-state index is 6.07. The monoisotopic (exact) mass is 258 g/mol. The Hall–Kier alpha value is -1.02. The van der Waals surface area contributed by atoms with Gasteiger partial charge in [-0.05, 0) is 18.5 Å². The molecule has 3 N–H and O–H groups in total. The van der Waals surface area contributed by atoms with Crippen LogP contribution in [0.5, 0.6) is 0 Å². The van der Waals surface area contributed by atoms with E-state index in [4.69, 9.17) is 17.4 Å². The van der Waals surface area contributed by atoms with E-state index in [0.29, 0.717) is 5.02 Å². The molecule has 1 unspecified atom stereocenters. The Kier molecular flexibility index (Phi) is 3.20. The largest absolute Gasteiger partial charge is 0.270 e. The van der Waals surface area contributed by atoms with Crippen LogP contribution in [-0.4, -0.2) is 19.4 Å². The number of hydrogen-bond acceptors (Lipinski definition) is 6. The highest BCUT2D eigenvalue weighted by Gasteiger charge is 2.23. The summed E-state index contributed by atoms with van der Waals surface area (Å²) in [5.74, 6) is 5.56. The third-order valence-corrected chi connectivity index (χ3v) is 3.51. The number of aromatic nitrogens is 4. The average molecular weight is 259 g/mol. The van der Waals surface area contributed by atoms with Gasteiger partial charge in [0.2, 0.25) is 0 Å². The smallest absolute Gasteiger partial charge is 0.102 e. The Morgan fingerprint density at radius 2 is 2.38 bits per heavy atom. The number of rotatable bonds is 3. The van der Waals surface area contributed by atoms with Crippen molar-refractivity contribution in [3.8, 4) is 0 Å². The summed E-state index contributed by atoms with van der Waals surface area (Å²) in [5.41, 5.74) is 4.36. The Bertz CT molecular complexity index is 473. The first-order valence-electron chi connectivity index (χ1n) is 4.57. The first-order chi connectivity index (χ1) is 7.65. The summed E-state index contributed by atoms with van der Waals surface area (Å²) in [7, 11) is 1.81. The van der Waals surface area contributed by atoms with Crippen molar-refractivity contribution in [3.63, 3.8) is 0 Å². The summed E-state index contributed by atoms with van der Waals surface area (Å²) in [5, 5.41) is 8.60. The number of nitrogens with zero attached hydrogens (tertiary/aromatic N) is 4. The van der Waals surface area contributed by atoms with Crippen molar-refractivity contribution in [2.75, 3.05) is 0 Å². The summed E-state index contributed by atoms with van der Waals surface area (Å²) in [6, 6.07) is -0.236. The number of nitrogens with two attached hydrogens (primary N) is 1. The second-order valence-corrected chi connectivity index (χ2v) is 4.52. The molecule has 2 aromatic heterocycles. The first kappa shape index (κ1) is 11.5. The molecule has 6 nitrogen and oxygen atoms in total. The van der Waals surface area contributed by atoms with E-state index in [-0.39, 0.29) is 6.04 Å². The maximum atomic E-state index is 6.07. The minimum absolute atomic E-state index is 0.236. The molecule has 0 aliphatic heterocycles. The average Bonchev–Trinajstić information content (AvgIpc) is 2.80. The van der Waals surface area contributed by atoms with E-state index in [1.807, 2.05) is 14.0 Å². The Morgan fingerprint density at radius 1 is 1.62 bits per heavy atom. The van der Waals surface area contributed by atoms with Gasteiger partial charge in [0.15, 0.2) is 0 Å². The fourth-order valence-corrected chi connectivity index (χ4v) is 2.51. The molecule has 86 valence electrons. The zero-order chi connectivity index (χ0) is 11.7. The minimum atomic E-state index is -0.236. The molecule has 0 amide bonds. The third-order valence-electron chi connectivity index (χ3n) is 2.33. The van der Waals surface area contributed by atoms with Gasteiger partial charge in [0.05, 0.1) is 27.5 Å². The molecular weight excluding hydrogens is 248 g/mol. The lowest BCUT2D eigenvalue weighted by molar-refractivity contribution is 0.579. The molecule has 2 aromatic rings. The first-order valence-corrected chi connectivity index (χ1v) is 5.72. The van der Waals surface area contributed by atoms with E-state index in [1.165, 1.54) is 11.5 Å². The lowest BCUT2D eigenvalue weighted by Gasteiger charge is -2.15. The molecule has 0 fully saturated rings. The molecule has 2 rings (SSSR count). The minimum Gasteiger partial charge on any atom is -0.270 e. The van der Waals surface area contributed by atoms with E-state index in [1.54, 1.807) is 10.9 Å². The molecule has 0 saturated carbocycles. The van der Waals surface area contributed by atoms with Gasteiger partial charge in [0.25, 0.3) is 0 Å². The third kappa shape index (κ3) is 1.82. The molecule has 16 heavy (non-hydrogen) atoms. The molecule has 0 aromatic carbocycles. The standard InChI is InChI=1S/C8H11ClN6S/c1-4-8(16-14-13-4)6(12-10)7-5(9)3-11-15(7)2/h3,6,12H,10H2,1-2H3. The molecule has 0 radical (unpaired) electrons. The highest BCUT2D eigenvalue weighted by atomic mass is 35.5. The van der Waals surface area contributed by atoms with Crippen LogP contribution in [0.3, 0.4) is 0 Å². The van der Waals surface area contributed by atoms with Crippen molar-refractivity contribution in [2.24, 2.45) is 12.9 Å². The summed E-state index contributed by atoms with van der Waals surface area (Å²) < 4.78 is 5.57. The van der Waals surface area contributed by atoms with Crippen molar-refractivity contribution in [3.05, 3.63) is 27.5 Å². The summed E-state index contributed by atoms with van der Waals surface area (Å²) in [6.45, 7) is 1.88. The van der Waals surface area contributed by atoms with Gasteiger partial charge in [0, 0.05) is 7.05 Å². The lowest BCUT2D eigenvalue weighted by atomic mass is 10.1. The molecule has 2 heterocycles. The van der Waals surface area contributed by atoms with Gasteiger partial charge < -0.3 is 0 Å². The highest BCUT2D eigenvalue weighted by molar-refractivity contribution is 7.05. The lowest BCUT2D eigenvalue weighted by Crippen LogP contribution is -2.30. The Balaban J connectivity index is 2.49. The van der Waals surface area contributed by atoms with Crippen LogP contribution in [0.15, 0.2) is 6.20 Å². The van der Waals surface area contributed by atoms with Gasteiger partial charge in [-0.15, -0.1) is 5.10 Å². The van der Waals surface area contributed by atoms with E-state index < -0.39 is 0 Å². The van der Waals surface area contributed by atoms with Crippen LogP contribution in [0.25, 0.3) is 0 Å². The van der Waals surface area contributed by atoms with Crippen LogP contribution in [0.1, 0.15) is 22.3 Å². The van der Waals surface area contributed by atoms with Crippen molar-refractivity contribution in [2.45, 2.75) is 13.0 Å². The number of hydrogen-bond donors (Lipinski definition) is 2. The molecule has 0 aliphatic carbocycles. The zero-order valence-electron chi connectivity index (χ0n) is 8.81. The quantitative estimate of drug-likeness (QED) is 0.628. The second kappa shape index (κ2) is 4.46. The van der Waals surface area contributed by atoms with Crippen molar-refractivity contribution < 1.29 is 0 Å². The summed E-state index contributed by atoms with van der Waals surface area (Å²) >= 11 is 7.37. The SMILES string of the molecule is Cc1nnsc1C(NN)c1c(Cl)cnn1C. The van der Waals surface area contributed by atoms with Gasteiger partial charge in [-0.25, -0.2) is 5.43 Å². The van der Waals surface area contributed by atoms with Crippen LogP contribution in [-0.2, 0) is 7.05 Å². The predicted octanol–water partition coefficient (Wildman–Crippen LogP) is 0.786. The van der Waals surface area contributed by atoms with Crippen LogP contribution in [0.2, 0.25) is 5.02 Å². The number of hydrazine groups is 1. The molecule has 1 atom stereocenters. The Morgan fingerprint density at radius 3 is 2.81 bits per heavy atom. The number of halogens is 1. The summed E-state index contributed by atoms with van der Waals surface area (Å²) in [4.78, 5) is 0.938. The van der Waals surface area contributed by atoms with Gasteiger partial charge in [-0.3, -0.25) is 10.5 Å². The van der Waals surface area contributed by atoms with E-state index in [9.17, 15) is 0 Å². The van der Waals surface area contributed by atoms with Crippen molar-refractivity contribution in [1.29, 1.82) is 0 Å². The van der Waals surface area contributed by atoms with Crippen LogP contribution in [0, 0.1) is 6.92 Å². The molecular formula is C8H11ClN6S. The zero-order valence-corrected chi connectivity index (χ0v) is 10.4. The normalized spacial score (nSPS) is 13.0. The second-order valence-electron chi connectivity index (χ2n) is 3.32. The van der Waals surface area contributed by atoms with E-state index >= 15 is 0 Å². The van der Waals surface area contributed by atoms with Gasteiger partial charge in [0.1, 0.15) is 6.04 Å². The Labute approximate surface area is 102 Å². The van der Waals surface area contributed by atoms with Crippen LogP contribution >= 0.6 is 23.1 Å². The number of nitrogens with one attached hydrogen (secondary N) is 1. The van der Waals surface area contributed by atoms with E-state index in [2.05, 4.69) is 20.1 Å². The summed E-state index contributed by atoms with van der Waals surface area (Å²) in [6.07, 6.45) is 1.59. The maximum Gasteiger partial charge on any atom is 0.102 e. The molecule has 0 spiro atoms. The highest BCUT2D eigenvalue weighted by Crippen LogP contribution is 2.30. The van der Waals surface area contributed by atoms with Gasteiger partial charge in [-0.2, -0.15) is 5.10 Å². The molecule has 0 saturated heterocycles. The topological polar surface area (TPSA) is 81.7 Å².